The molecule has 2 aromatic rings. The van der Waals surface area contributed by atoms with Gasteiger partial charge >= 0.3 is 0 Å². The number of aromatic nitrogens is 2. The summed E-state index contributed by atoms with van der Waals surface area (Å²) in [5, 5.41) is 13.5. The van der Waals surface area contributed by atoms with Crippen molar-refractivity contribution in [2.45, 2.75) is 18.9 Å². The zero-order valence-corrected chi connectivity index (χ0v) is 8.96. The molecule has 0 spiro atoms. The largest absolute Gasteiger partial charge is 0.418 e. The van der Waals surface area contributed by atoms with Gasteiger partial charge in [-0.2, -0.15) is 0 Å². The number of hydrogen-bond acceptors (Lipinski definition) is 5. The Morgan fingerprint density at radius 2 is 2.47 bits per heavy atom. The minimum atomic E-state index is 0.256. The predicted octanol–water partition coefficient (Wildman–Crippen LogP) is 2.22. The Kier molecular flexibility index (Phi) is 2.26. The minimum Gasteiger partial charge on any atom is -0.418 e. The molecule has 0 aliphatic carbocycles. The first kappa shape index (κ1) is 9.06. The highest BCUT2D eigenvalue weighted by Gasteiger charge is 2.22. The molecular weight excluding hydrogens is 210 g/mol. The second-order valence-electron chi connectivity index (χ2n) is 3.57. The van der Waals surface area contributed by atoms with Crippen LogP contribution in [0.15, 0.2) is 21.9 Å². The molecule has 1 fully saturated rings. The van der Waals surface area contributed by atoms with Gasteiger partial charge in [-0.3, -0.25) is 0 Å². The van der Waals surface area contributed by atoms with Crippen LogP contribution in [-0.2, 0) is 0 Å². The molecule has 0 unspecified atom stereocenters. The maximum Gasteiger partial charge on any atom is 0.257 e. The van der Waals surface area contributed by atoms with Gasteiger partial charge < -0.3 is 9.73 Å². The first-order valence-electron chi connectivity index (χ1n) is 5.04. The Bertz CT molecular complexity index is 431. The minimum absolute atomic E-state index is 0.256. The van der Waals surface area contributed by atoms with Crippen LogP contribution in [0.25, 0.3) is 10.8 Å². The quantitative estimate of drug-likeness (QED) is 0.844. The van der Waals surface area contributed by atoms with Crippen LogP contribution in [-0.4, -0.2) is 16.7 Å². The third-order valence-electron chi connectivity index (χ3n) is 2.53. The van der Waals surface area contributed by atoms with Crippen molar-refractivity contribution in [1.29, 1.82) is 0 Å². The van der Waals surface area contributed by atoms with E-state index in [9.17, 15) is 0 Å². The molecule has 2 aromatic heterocycles. The van der Waals surface area contributed by atoms with Crippen LogP contribution in [0.4, 0.5) is 0 Å². The van der Waals surface area contributed by atoms with Crippen molar-refractivity contribution in [3.63, 3.8) is 0 Å². The van der Waals surface area contributed by atoms with E-state index in [-0.39, 0.29) is 6.04 Å². The van der Waals surface area contributed by atoms with E-state index in [0.717, 1.165) is 23.7 Å². The first-order valence-corrected chi connectivity index (χ1v) is 5.92. The monoisotopic (exact) mass is 221 g/mol. The van der Waals surface area contributed by atoms with Gasteiger partial charge in [0.2, 0.25) is 5.89 Å². The van der Waals surface area contributed by atoms with Gasteiger partial charge in [-0.15, -0.1) is 21.5 Å². The number of nitrogens with zero attached hydrogens (tertiary/aromatic N) is 2. The van der Waals surface area contributed by atoms with E-state index >= 15 is 0 Å². The summed E-state index contributed by atoms with van der Waals surface area (Å²) in [5.41, 5.74) is 0. The molecule has 0 amide bonds. The average molecular weight is 221 g/mol. The first-order chi connectivity index (χ1) is 7.43. The summed E-state index contributed by atoms with van der Waals surface area (Å²) < 4.78 is 5.64. The van der Waals surface area contributed by atoms with Crippen molar-refractivity contribution < 1.29 is 4.42 Å². The molecule has 1 aliphatic heterocycles. The zero-order chi connectivity index (χ0) is 10.1. The zero-order valence-electron chi connectivity index (χ0n) is 8.14. The van der Waals surface area contributed by atoms with E-state index in [1.54, 1.807) is 11.3 Å². The molecule has 0 bridgehead atoms. The lowest BCUT2D eigenvalue weighted by molar-refractivity contribution is 0.438. The third kappa shape index (κ3) is 1.68. The van der Waals surface area contributed by atoms with Gasteiger partial charge in [-0.05, 0) is 30.8 Å². The molecule has 3 rings (SSSR count). The molecule has 15 heavy (non-hydrogen) atoms. The second kappa shape index (κ2) is 3.75. The molecule has 5 heteroatoms. The van der Waals surface area contributed by atoms with Gasteiger partial charge in [0, 0.05) is 0 Å². The lowest BCUT2D eigenvalue weighted by Crippen LogP contribution is -2.12. The van der Waals surface area contributed by atoms with Crippen LogP contribution in [0.3, 0.4) is 0 Å². The Morgan fingerprint density at radius 3 is 3.20 bits per heavy atom. The SMILES string of the molecule is c1csc(-c2nnc([C@H]3CCCN3)o2)c1. The molecule has 1 N–H and O–H groups in total. The summed E-state index contributed by atoms with van der Waals surface area (Å²) in [6.45, 7) is 1.04. The molecule has 1 atom stereocenters. The second-order valence-corrected chi connectivity index (χ2v) is 4.52. The molecule has 0 saturated carbocycles. The Labute approximate surface area is 91.3 Å². The van der Waals surface area contributed by atoms with Crippen molar-refractivity contribution in [2.24, 2.45) is 0 Å². The van der Waals surface area contributed by atoms with E-state index in [0.29, 0.717) is 5.89 Å². The number of thiophene rings is 1. The van der Waals surface area contributed by atoms with Gasteiger partial charge in [0.05, 0.1) is 10.9 Å². The fourth-order valence-corrected chi connectivity index (χ4v) is 2.41. The Hall–Kier alpha value is -1.20. The summed E-state index contributed by atoms with van der Waals surface area (Å²) >= 11 is 1.62. The smallest absolute Gasteiger partial charge is 0.257 e. The molecular formula is C10H11N3OS. The molecule has 1 saturated heterocycles. The topological polar surface area (TPSA) is 51.0 Å². The lowest BCUT2D eigenvalue weighted by atomic mass is 10.2. The van der Waals surface area contributed by atoms with E-state index in [2.05, 4.69) is 15.5 Å². The number of rotatable bonds is 2. The van der Waals surface area contributed by atoms with Gasteiger partial charge in [-0.25, -0.2) is 0 Å². The van der Waals surface area contributed by atoms with Crippen LogP contribution in [0, 0.1) is 0 Å². The molecule has 0 radical (unpaired) electrons. The van der Waals surface area contributed by atoms with E-state index < -0.39 is 0 Å². The van der Waals surface area contributed by atoms with E-state index in [1.807, 2.05) is 17.5 Å². The summed E-state index contributed by atoms with van der Waals surface area (Å²) in [4.78, 5) is 1.03. The van der Waals surface area contributed by atoms with Crippen LogP contribution >= 0.6 is 11.3 Å². The average Bonchev–Trinajstić information content (AvgIpc) is 3.02. The van der Waals surface area contributed by atoms with Crippen LogP contribution in [0.1, 0.15) is 24.8 Å². The summed E-state index contributed by atoms with van der Waals surface area (Å²) in [7, 11) is 0. The number of hydrogen-bond donors (Lipinski definition) is 1. The van der Waals surface area contributed by atoms with Crippen molar-refractivity contribution in [1.82, 2.24) is 15.5 Å². The Morgan fingerprint density at radius 1 is 1.47 bits per heavy atom. The van der Waals surface area contributed by atoms with Crippen molar-refractivity contribution in [2.75, 3.05) is 6.54 Å². The van der Waals surface area contributed by atoms with Crippen molar-refractivity contribution in [3.05, 3.63) is 23.4 Å². The van der Waals surface area contributed by atoms with Crippen LogP contribution in [0.2, 0.25) is 0 Å². The van der Waals surface area contributed by atoms with Gasteiger partial charge in [0.1, 0.15) is 0 Å². The van der Waals surface area contributed by atoms with Crippen LogP contribution in [0.5, 0.6) is 0 Å². The molecule has 0 aromatic carbocycles. The van der Waals surface area contributed by atoms with Crippen molar-refractivity contribution >= 4 is 11.3 Å². The fourth-order valence-electron chi connectivity index (χ4n) is 1.77. The van der Waals surface area contributed by atoms with Gasteiger partial charge in [0.15, 0.2) is 0 Å². The third-order valence-corrected chi connectivity index (χ3v) is 3.39. The number of nitrogens with one attached hydrogen (secondary N) is 1. The molecule has 3 heterocycles. The maximum absolute atomic E-state index is 5.64. The van der Waals surface area contributed by atoms with E-state index in [1.165, 1.54) is 6.42 Å². The normalized spacial score (nSPS) is 20.9. The fraction of sp³-hybridized carbons (Fsp3) is 0.400. The predicted molar refractivity (Wildman–Crippen MR) is 57.6 cm³/mol. The highest BCUT2D eigenvalue weighted by molar-refractivity contribution is 7.13. The molecule has 4 nitrogen and oxygen atoms in total. The Balaban J connectivity index is 1.87. The van der Waals surface area contributed by atoms with Crippen molar-refractivity contribution in [3.8, 4) is 10.8 Å². The highest BCUT2D eigenvalue weighted by atomic mass is 32.1. The standard InChI is InChI=1S/C10H11N3OS/c1-3-7(11-5-1)9-12-13-10(14-9)8-4-2-6-15-8/h2,4,6-7,11H,1,3,5H2/t7-/m1/s1. The summed E-state index contributed by atoms with van der Waals surface area (Å²) in [6, 6.07) is 4.23. The summed E-state index contributed by atoms with van der Waals surface area (Å²) in [5.74, 6) is 1.35. The maximum atomic E-state index is 5.64. The summed E-state index contributed by atoms with van der Waals surface area (Å²) in [6.07, 6.45) is 2.27. The van der Waals surface area contributed by atoms with Gasteiger partial charge in [-0.1, -0.05) is 6.07 Å². The van der Waals surface area contributed by atoms with Gasteiger partial charge in [0.25, 0.3) is 5.89 Å². The van der Waals surface area contributed by atoms with E-state index in [4.69, 9.17) is 4.42 Å². The highest BCUT2D eigenvalue weighted by Crippen LogP contribution is 2.27. The molecule has 1 aliphatic rings. The molecule has 78 valence electrons. The van der Waals surface area contributed by atoms with Crippen LogP contribution < -0.4 is 5.32 Å². The lowest BCUT2D eigenvalue weighted by Gasteiger charge is -2.01.